The molecule has 0 fully saturated rings. The van der Waals surface area contributed by atoms with Crippen molar-refractivity contribution in [2.45, 2.75) is 6.42 Å². The predicted molar refractivity (Wildman–Crippen MR) is 140 cm³/mol. The summed E-state index contributed by atoms with van der Waals surface area (Å²) in [5.74, 6) is 0. The first-order valence-corrected chi connectivity index (χ1v) is 12.4. The second-order valence-corrected chi connectivity index (χ2v) is 10.3. The third-order valence-corrected chi connectivity index (χ3v) is 8.36. The van der Waals surface area contributed by atoms with Gasteiger partial charge in [0.2, 0.25) is 0 Å². The van der Waals surface area contributed by atoms with Gasteiger partial charge in [-0.3, -0.25) is 0 Å². The number of hydrogen-bond donors (Lipinski definition) is 0. The highest BCUT2D eigenvalue weighted by Gasteiger charge is 2.15. The van der Waals surface area contributed by atoms with Gasteiger partial charge in [-0.2, -0.15) is 0 Å². The Morgan fingerprint density at radius 1 is 0.839 bits per heavy atom. The first-order chi connectivity index (χ1) is 15.2. The molecule has 150 valence electrons. The zero-order chi connectivity index (χ0) is 20.9. The quantitative estimate of drug-likeness (QED) is 0.236. The summed E-state index contributed by atoms with van der Waals surface area (Å²) in [5.41, 5.74) is 4.74. The maximum absolute atomic E-state index is 5.00. The number of nitrogens with zero attached hydrogens (tertiary/aromatic N) is 2. The number of halogens is 2. The van der Waals surface area contributed by atoms with Gasteiger partial charge in [0.25, 0.3) is 0 Å². The minimum atomic E-state index is 0.856. The van der Waals surface area contributed by atoms with Crippen molar-refractivity contribution in [1.29, 1.82) is 0 Å². The number of fused-ring (bicyclic) bond motifs is 4. The maximum Gasteiger partial charge on any atom is 0.124 e. The Hall–Kier alpha value is -2.47. The van der Waals surface area contributed by atoms with Crippen molar-refractivity contribution < 1.29 is 0 Å². The van der Waals surface area contributed by atoms with E-state index in [9.17, 15) is 0 Å². The van der Waals surface area contributed by atoms with E-state index in [1.807, 2.05) is 0 Å². The highest BCUT2D eigenvalue weighted by molar-refractivity contribution is 9.15. The minimum Gasteiger partial charge on any atom is -0.309 e. The molecular weight excluding hydrogens is 532 g/mol. The summed E-state index contributed by atoms with van der Waals surface area (Å²) in [5, 5.41) is 4.56. The molecule has 0 bridgehead atoms. The molecule has 0 saturated carbocycles. The van der Waals surface area contributed by atoms with E-state index in [2.05, 4.69) is 121 Å². The Balaban J connectivity index is 1.64. The molecule has 1 aliphatic carbocycles. The second kappa shape index (κ2) is 7.59. The monoisotopic (exact) mass is 546 g/mol. The second-order valence-electron chi connectivity index (χ2n) is 7.48. The minimum absolute atomic E-state index is 0.856. The van der Waals surface area contributed by atoms with Gasteiger partial charge in [0.05, 0.1) is 20.9 Å². The van der Waals surface area contributed by atoms with Crippen LogP contribution in [0.1, 0.15) is 6.42 Å². The van der Waals surface area contributed by atoms with E-state index in [4.69, 9.17) is 4.98 Å². The lowest BCUT2D eigenvalue weighted by molar-refractivity contribution is 1.18. The van der Waals surface area contributed by atoms with Gasteiger partial charge in [-0.25, -0.2) is 4.98 Å². The first-order valence-electron chi connectivity index (χ1n) is 10.0. The average molecular weight is 548 g/mol. The van der Waals surface area contributed by atoms with Gasteiger partial charge in [0, 0.05) is 31.0 Å². The molecular formula is C26H16Br2N2S. The fraction of sp³-hybridized carbons (Fsp3) is 0.0385. The Morgan fingerprint density at radius 3 is 2.48 bits per heavy atom. The van der Waals surface area contributed by atoms with Crippen LogP contribution in [0.5, 0.6) is 0 Å². The van der Waals surface area contributed by atoms with Crippen molar-refractivity contribution in [2.24, 2.45) is 0 Å². The maximum atomic E-state index is 5.00. The van der Waals surface area contributed by atoms with Crippen molar-refractivity contribution in [1.82, 2.24) is 9.55 Å². The number of hydrogen-bond acceptors (Lipinski definition) is 2. The van der Waals surface area contributed by atoms with E-state index in [1.165, 1.54) is 32.0 Å². The van der Waals surface area contributed by atoms with E-state index < -0.39 is 0 Å². The van der Waals surface area contributed by atoms with Crippen LogP contribution in [-0.2, 0) is 0 Å². The van der Waals surface area contributed by atoms with Gasteiger partial charge >= 0.3 is 0 Å². The van der Waals surface area contributed by atoms with Gasteiger partial charge in [-0.15, -0.1) is 11.3 Å². The van der Waals surface area contributed by atoms with Crippen LogP contribution in [-0.4, -0.2) is 9.55 Å². The zero-order valence-electron chi connectivity index (χ0n) is 16.3. The van der Waals surface area contributed by atoms with Gasteiger partial charge in [0.1, 0.15) is 5.01 Å². The number of rotatable bonds is 2. The number of thiazole rings is 1. The zero-order valence-corrected chi connectivity index (χ0v) is 20.3. The van der Waals surface area contributed by atoms with Gasteiger partial charge < -0.3 is 4.57 Å². The molecule has 6 rings (SSSR count). The van der Waals surface area contributed by atoms with Crippen LogP contribution in [0.2, 0.25) is 0 Å². The summed E-state index contributed by atoms with van der Waals surface area (Å²) in [4.78, 5) is 5.00. The standard InChI is InChI=1S/C26H16Br2N2S/c27-20-10-6-11-21(28)25-24(20)29-26(31-25)16-13-14-23-19(15-16)18-9-4-5-12-22(18)30(23)17-7-2-1-3-8-17/h1-9,11-15H,10H2. The smallest absolute Gasteiger partial charge is 0.124 e. The summed E-state index contributed by atoms with van der Waals surface area (Å²) in [6, 6.07) is 25.9. The summed E-state index contributed by atoms with van der Waals surface area (Å²) in [6.07, 6.45) is 5.12. The van der Waals surface area contributed by atoms with Crippen LogP contribution in [0, 0.1) is 0 Å². The first kappa shape index (κ1) is 19.2. The lowest BCUT2D eigenvalue weighted by Crippen LogP contribution is -2.22. The number of allylic oxidation sites excluding steroid dienone is 2. The summed E-state index contributed by atoms with van der Waals surface area (Å²) >= 11 is 9.17. The van der Waals surface area contributed by atoms with E-state index in [0.29, 0.717) is 0 Å². The van der Waals surface area contributed by atoms with E-state index >= 15 is 0 Å². The Morgan fingerprint density at radius 2 is 1.61 bits per heavy atom. The SMILES string of the molecule is BrC1=c2nc(-c3ccc4c(c3)c3ccccc3n4-c3ccccc3)sc2=C(Br)C=CC1. The molecule has 0 N–H and O–H groups in total. The van der Waals surface area contributed by atoms with Crippen LogP contribution in [0.4, 0.5) is 0 Å². The van der Waals surface area contributed by atoms with Crippen LogP contribution >= 0.6 is 43.2 Å². The molecule has 0 radical (unpaired) electrons. The van der Waals surface area contributed by atoms with Crippen LogP contribution in [0.25, 0.3) is 47.0 Å². The molecule has 31 heavy (non-hydrogen) atoms. The number of aromatic nitrogens is 2. The Kier molecular flexibility index (Phi) is 4.71. The van der Waals surface area contributed by atoms with Gasteiger partial charge in [-0.1, -0.05) is 64.5 Å². The molecule has 0 amide bonds. The average Bonchev–Trinajstić information content (AvgIpc) is 3.36. The Labute approximate surface area is 200 Å². The van der Waals surface area contributed by atoms with Crippen LogP contribution in [0.3, 0.4) is 0 Å². The third-order valence-electron chi connectivity index (χ3n) is 5.60. The normalized spacial score (nSPS) is 13.7. The molecule has 1 aliphatic rings. The molecule has 3 aromatic carbocycles. The fourth-order valence-corrected chi connectivity index (χ4v) is 6.42. The van der Waals surface area contributed by atoms with Gasteiger partial charge in [-0.05, 0) is 58.7 Å². The molecule has 0 atom stereocenters. The largest absolute Gasteiger partial charge is 0.309 e. The molecule has 0 unspecified atom stereocenters. The van der Waals surface area contributed by atoms with Crippen molar-refractivity contribution in [3.63, 3.8) is 0 Å². The number of para-hydroxylation sites is 2. The van der Waals surface area contributed by atoms with Crippen LogP contribution in [0.15, 0.2) is 84.9 Å². The molecule has 2 aromatic heterocycles. The molecule has 0 spiro atoms. The van der Waals surface area contributed by atoms with Crippen molar-refractivity contribution >= 4 is 74.0 Å². The van der Waals surface area contributed by atoms with E-state index in [1.54, 1.807) is 11.3 Å². The van der Waals surface area contributed by atoms with Crippen molar-refractivity contribution in [2.75, 3.05) is 0 Å². The van der Waals surface area contributed by atoms with E-state index in [-0.39, 0.29) is 0 Å². The highest BCUT2D eigenvalue weighted by Crippen LogP contribution is 2.35. The molecule has 5 heteroatoms. The van der Waals surface area contributed by atoms with E-state index in [0.717, 1.165) is 31.3 Å². The predicted octanol–water partition coefficient (Wildman–Crippen LogP) is 6.87. The van der Waals surface area contributed by atoms with Gasteiger partial charge in [0.15, 0.2) is 0 Å². The number of benzene rings is 3. The highest BCUT2D eigenvalue weighted by atomic mass is 79.9. The summed E-state index contributed by atoms with van der Waals surface area (Å²) < 4.78 is 5.72. The summed E-state index contributed by atoms with van der Waals surface area (Å²) in [7, 11) is 0. The third kappa shape index (κ3) is 3.15. The van der Waals surface area contributed by atoms with Crippen molar-refractivity contribution in [3.05, 3.63) is 94.8 Å². The van der Waals surface area contributed by atoms with Crippen molar-refractivity contribution in [3.8, 4) is 16.3 Å². The van der Waals surface area contributed by atoms with Crippen LogP contribution < -0.4 is 9.88 Å². The molecule has 2 heterocycles. The fourth-order valence-electron chi connectivity index (χ4n) is 4.19. The lowest BCUT2D eigenvalue weighted by atomic mass is 10.1. The molecule has 2 nitrogen and oxygen atoms in total. The molecule has 0 aliphatic heterocycles. The topological polar surface area (TPSA) is 17.8 Å². The molecule has 0 saturated heterocycles. The molecule has 5 aromatic rings. The summed E-state index contributed by atoms with van der Waals surface area (Å²) in [6.45, 7) is 0. The Bertz CT molecular complexity index is 1630. The lowest BCUT2D eigenvalue weighted by Gasteiger charge is -2.07.